The Balaban J connectivity index is 1.18. The van der Waals surface area contributed by atoms with Gasteiger partial charge < -0.3 is 24.8 Å². The highest BCUT2D eigenvalue weighted by molar-refractivity contribution is 6.16. The zero-order valence-corrected chi connectivity index (χ0v) is 24.9. The molecule has 228 valence electrons. The van der Waals surface area contributed by atoms with Crippen LogP contribution in [0.1, 0.15) is 5.56 Å². The van der Waals surface area contributed by atoms with E-state index in [0.717, 1.165) is 16.3 Å². The molecule has 2 amide bonds. The minimum atomic E-state index is -1.33. The van der Waals surface area contributed by atoms with Gasteiger partial charge in [0.2, 0.25) is 11.8 Å². The van der Waals surface area contributed by atoms with E-state index < -0.39 is 23.0 Å². The first-order valence-electron chi connectivity index (χ1n) is 14.4. The van der Waals surface area contributed by atoms with Gasteiger partial charge in [0.1, 0.15) is 17.3 Å². The molecule has 1 heterocycles. The van der Waals surface area contributed by atoms with Crippen molar-refractivity contribution in [3.63, 3.8) is 0 Å². The van der Waals surface area contributed by atoms with Crippen LogP contribution in [0.3, 0.4) is 0 Å². The summed E-state index contributed by atoms with van der Waals surface area (Å²) < 4.78 is 30.5. The molecule has 0 unspecified atom stereocenters. The number of benzene rings is 5. The highest BCUT2D eigenvalue weighted by atomic mass is 19.1. The summed E-state index contributed by atoms with van der Waals surface area (Å²) in [6, 6.07) is 31.8. The summed E-state index contributed by atoms with van der Waals surface area (Å²) in [5.41, 5.74) is 0.694. The van der Waals surface area contributed by atoms with Crippen molar-refractivity contribution in [3.8, 4) is 23.0 Å². The van der Waals surface area contributed by atoms with E-state index in [1.807, 2.05) is 65.6 Å². The average Bonchev–Trinajstić information content (AvgIpc) is 3.04. The van der Waals surface area contributed by atoms with Crippen LogP contribution in [-0.4, -0.2) is 44.0 Å². The van der Waals surface area contributed by atoms with Crippen LogP contribution in [-0.2, 0) is 16.1 Å². The predicted octanol–water partition coefficient (Wildman–Crippen LogP) is 6.87. The summed E-state index contributed by atoms with van der Waals surface area (Å²) in [5.74, 6) is 1.14. The number of carbonyl (C=O) groups excluding carboxylic acids is 2. The Labute approximate surface area is 260 Å². The second-order valence-corrected chi connectivity index (χ2v) is 10.9. The van der Waals surface area contributed by atoms with Crippen molar-refractivity contribution >= 4 is 34.0 Å². The number of hydrogen-bond donors (Lipinski definition) is 2. The van der Waals surface area contributed by atoms with Gasteiger partial charge in [0, 0.05) is 36.4 Å². The number of nitrogens with zero attached hydrogens (tertiary/aromatic N) is 1. The SMILES string of the molecule is COc1cc2cccc(Oc3ccc(NC(=O)C4(C(=O)Nc5ccc(F)cc5)CN(Cc5ccccc5)C4)cc3)c2cc1OC. The van der Waals surface area contributed by atoms with Crippen LogP contribution in [0.4, 0.5) is 15.8 Å². The number of ether oxygens (including phenoxy) is 3. The van der Waals surface area contributed by atoms with Crippen molar-refractivity contribution in [1.82, 2.24) is 4.90 Å². The van der Waals surface area contributed by atoms with E-state index in [1.54, 1.807) is 38.5 Å². The van der Waals surface area contributed by atoms with E-state index in [0.29, 0.717) is 40.9 Å². The van der Waals surface area contributed by atoms with E-state index in [9.17, 15) is 14.0 Å². The summed E-state index contributed by atoms with van der Waals surface area (Å²) in [7, 11) is 3.18. The van der Waals surface area contributed by atoms with Crippen LogP contribution in [0.15, 0.2) is 109 Å². The van der Waals surface area contributed by atoms with Crippen LogP contribution < -0.4 is 24.8 Å². The molecule has 1 fully saturated rings. The molecule has 45 heavy (non-hydrogen) atoms. The third-order valence-electron chi connectivity index (χ3n) is 7.89. The molecule has 2 N–H and O–H groups in total. The Morgan fingerprint density at radius 3 is 1.96 bits per heavy atom. The maximum Gasteiger partial charge on any atom is 0.242 e. The first kappa shape index (κ1) is 29.7. The van der Waals surface area contributed by atoms with Gasteiger partial charge in [0.15, 0.2) is 16.9 Å². The van der Waals surface area contributed by atoms with Crippen molar-refractivity contribution in [2.75, 3.05) is 37.9 Å². The molecule has 0 aromatic heterocycles. The quantitative estimate of drug-likeness (QED) is 0.169. The smallest absolute Gasteiger partial charge is 0.242 e. The number of anilines is 2. The van der Waals surface area contributed by atoms with Gasteiger partial charge in [-0.15, -0.1) is 0 Å². The van der Waals surface area contributed by atoms with Crippen LogP contribution in [0.2, 0.25) is 0 Å². The van der Waals surface area contributed by atoms with Gasteiger partial charge in [-0.05, 0) is 77.7 Å². The lowest BCUT2D eigenvalue weighted by Gasteiger charge is -2.47. The fourth-order valence-electron chi connectivity index (χ4n) is 5.49. The summed E-state index contributed by atoms with van der Waals surface area (Å²) in [4.78, 5) is 29.3. The maximum atomic E-state index is 13.7. The van der Waals surface area contributed by atoms with Crippen molar-refractivity contribution in [2.24, 2.45) is 5.41 Å². The number of carbonyl (C=O) groups is 2. The second kappa shape index (κ2) is 12.7. The lowest BCUT2D eigenvalue weighted by atomic mass is 9.77. The van der Waals surface area contributed by atoms with Gasteiger partial charge in [0.05, 0.1) is 14.2 Å². The van der Waals surface area contributed by atoms with Gasteiger partial charge in [-0.3, -0.25) is 14.5 Å². The number of methoxy groups -OCH3 is 2. The first-order valence-corrected chi connectivity index (χ1v) is 14.4. The van der Waals surface area contributed by atoms with Crippen LogP contribution >= 0.6 is 0 Å². The normalized spacial score (nSPS) is 13.8. The lowest BCUT2D eigenvalue weighted by Crippen LogP contribution is -2.66. The lowest BCUT2D eigenvalue weighted by molar-refractivity contribution is -0.149. The highest BCUT2D eigenvalue weighted by Crippen LogP contribution is 2.38. The zero-order chi connectivity index (χ0) is 31.4. The molecule has 0 saturated carbocycles. The number of hydrogen-bond acceptors (Lipinski definition) is 6. The highest BCUT2D eigenvalue weighted by Gasteiger charge is 2.55. The zero-order valence-electron chi connectivity index (χ0n) is 24.9. The monoisotopic (exact) mass is 605 g/mol. The van der Waals surface area contributed by atoms with Gasteiger partial charge in [-0.1, -0.05) is 42.5 Å². The molecule has 1 aliphatic heterocycles. The Hall–Kier alpha value is -5.41. The minimum Gasteiger partial charge on any atom is -0.493 e. The average molecular weight is 606 g/mol. The molecule has 6 rings (SSSR count). The number of likely N-dealkylation sites (tertiary alicyclic amines) is 1. The van der Waals surface area contributed by atoms with Gasteiger partial charge >= 0.3 is 0 Å². The molecule has 5 aromatic carbocycles. The van der Waals surface area contributed by atoms with E-state index >= 15 is 0 Å². The molecule has 1 aliphatic rings. The van der Waals surface area contributed by atoms with Gasteiger partial charge in [-0.25, -0.2) is 4.39 Å². The van der Waals surface area contributed by atoms with Crippen molar-refractivity contribution in [1.29, 1.82) is 0 Å². The largest absolute Gasteiger partial charge is 0.493 e. The van der Waals surface area contributed by atoms with Crippen LogP contribution in [0.25, 0.3) is 10.8 Å². The predicted molar refractivity (Wildman–Crippen MR) is 171 cm³/mol. The molecule has 8 nitrogen and oxygen atoms in total. The molecular weight excluding hydrogens is 573 g/mol. The summed E-state index contributed by atoms with van der Waals surface area (Å²) in [6.45, 7) is 1.08. The van der Waals surface area contributed by atoms with E-state index in [2.05, 4.69) is 10.6 Å². The van der Waals surface area contributed by atoms with E-state index in [-0.39, 0.29) is 13.1 Å². The molecule has 0 radical (unpaired) electrons. The summed E-state index contributed by atoms with van der Waals surface area (Å²) in [5, 5.41) is 7.50. The first-order chi connectivity index (χ1) is 21.9. The van der Waals surface area contributed by atoms with Gasteiger partial charge in [0.25, 0.3) is 0 Å². The van der Waals surface area contributed by atoms with Crippen molar-refractivity contribution < 1.29 is 28.2 Å². The number of amides is 2. The summed E-state index contributed by atoms with van der Waals surface area (Å²) in [6.07, 6.45) is 0. The number of rotatable bonds is 10. The van der Waals surface area contributed by atoms with Crippen molar-refractivity contribution in [3.05, 3.63) is 121 Å². The summed E-state index contributed by atoms with van der Waals surface area (Å²) >= 11 is 0. The number of nitrogens with one attached hydrogen (secondary N) is 2. The third-order valence-corrected chi connectivity index (χ3v) is 7.89. The third kappa shape index (κ3) is 6.30. The van der Waals surface area contributed by atoms with Crippen LogP contribution in [0, 0.1) is 11.2 Å². The maximum absolute atomic E-state index is 13.7. The minimum absolute atomic E-state index is 0.233. The standard InChI is InChI=1S/C36H32FN3O5/c1-43-32-19-25-9-6-10-31(30(25)20-33(32)44-2)45-29-17-15-28(16-18-29)39-35(42)36(34(41)38-27-13-11-26(37)12-14-27)22-40(23-36)21-24-7-4-3-5-8-24/h3-20H,21-23H2,1-2H3,(H,38,41)(H,39,42). The molecule has 0 atom stereocenters. The van der Waals surface area contributed by atoms with Gasteiger partial charge in [-0.2, -0.15) is 0 Å². The fraction of sp³-hybridized carbons (Fsp3) is 0.167. The van der Waals surface area contributed by atoms with E-state index in [4.69, 9.17) is 14.2 Å². The molecule has 1 saturated heterocycles. The molecule has 0 bridgehead atoms. The second-order valence-electron chi connectivity index (χ2n) is 10.9. The Bertz CT molecular complexity index is 1820. The Morgan fingerprint density at radius 1 is 0.733 bits per heavy atom. The molecule has 5 aromatic rings. The Morgan fingerprint density at radius 2 is 1.33 bits per heavy atom. The number of fused-ring (bicyclic) bond motifs is 1. The van der Waals surface area contributed by atoms with E-state index in [1.165, 1.54) is 24.3 Å². The van der Waals surface area contributed by atoms with Crippen molar-refractivity contribution in [2.45, 2.75) is 6.54 Å². The molecule has 9 heteroatoms. The van der Waals surface area contributed by atoms with Crippen LogP contribution in [0.5, 0.6) is 23.0 Å². The number of halogens is 1. The molecular formula is C36H32FN3O5. The topological polar surface area (TPSA) is 89.1 Å². The molecule has 0 spiro atoms. The fourth-order valence-corrected chi connectivity index (χ4v) is 5.49. The Kier molecular flexibility index (Phi) is 8.35. The molecule has 0 aliphatic carbocycles.